The molecule has 1 N–H and O–H groups in total. The van der Waals surface area contributed by atoms with E-state index in [1.807, 2.05) is 0 Å². The summed E-state index contributed by atoms with van der Waals surface area (Å²) in [6, 6.07) is 2.83. The van der Waals surface area contributed by atoms with Crippen LogP contribution in [-0.2, 0) is 0 Å². The molecule has 1 heterocycles. The van der Waals surface area contributed by atoms with Gasteiger partial charge in [-0.15, -0.1) is 0 Å². The van der Waals surface area contributed by atoms with Gasteiger partial charge in [-0.05, 0) is 12.1 Å². The number of hydrogen-bond donors (Lipinski definition) is 1. The molecule has 0 aromatic carbocycles. The number of carboxylic acid groups (broad SMARTS) is 1. The zero-order valence-electron chi connectivity index (χ0n) is 5.82. The highest BCUT2D eigenvalue weighted by atomic mass is 127. The fourth-order valence-corrected chi connectivity index (χ4v) is 1.16. The molecule has 0 fully saturated rings. The number of aromatic carboxylic acids is 1. The number of nitrogens with zero attached hydrogens (tertiary/aromatic N) is 1. The Morgan fingerprint density at radius 3 is 2.58 bits per heavy atom. The summed E-state index contributed by atoms with van der Waals surface area (Å²) in [6.07, 6.45) is 1.39. The highest BCUT2D eigenvalue weighted by molar-refractivity contribution is 14.1. The lowest BCUT2D eigenvalue weighted by molar-refractivity contribution is 0.0693. The highest BCUT2D eigenvalue weighted by Gasteiger charge is 2.14. The topological polar surface area (TPSA) is 67.3 Å². The quantitative estimate of drug-likeness (QED) is 0.654. The second kappa shape index (κ2) is 3.61. The lowest BCUT2D eigenvalue weighted by Gasteiger charge is -1.97. The van der Waals surface area contributed by atoms with Crippen molar-refractivity contribution < 1.29 is 14.7 Å². The number of rotatable bonds is 2. The normalized spacial score (nSPS) is 9.42. The van der Waals surface area contributed by atoms with Gasteiger partial charge in [-0.3, -0.25) is 9.78 Å². The van der Waals surface area contributed by atoms with Gasteiger partial charge in [-0.25, -0.2) is 4.79 Å². The Labute approximate surface area is 81.8 Å². The first kappa shape index (κ1) is 9.11. The fourth-order valence-electron chi connectivity index (χ4n) is 0.735. The summed E-state index contributed by atoms with van der Waals surface area (Å²) in [7, 11) is 0. The zero-order chi connectivity index (χ0) is 9.14. The van der Waals surface area contributed by atoms with Gasteiger partial charge in [-0.1, -0.05) is 0 Å². The summed E-state index contributed by atoms with van der Waals surface area (Å²) in [6.45, 7) is 0. The van der Waals surface area contributed by atoms with Crippen LogP contribution in [0.1, 0.15) is 20.8 Å². The fraction of sp³-hybridized carbons (Fsp3) is 0. The molecule has 5 heteroatoms. The Morgan fingerprint density at radius 1 is 1.50 bits per heavy atom. The Morgan fingerprint density at radius 2 is 2.17 bits per heavy atom. The van der Waals surface area contributed by atoms with Crippen LogP contribution >= 0.6 is 22.6 Å². The molecule has 0 saturated heterocycles. The average molecular weight is 277 g/mol. The Balaban J connectivity index is 3.27. The highest BCUT2D eigenvalue weighted by Crippen LogP contribution is 2.09. The smallest absolute Gasteiger partial charge is 0.338 e. The zero-order valence-corrected chi connectivity index (χ0v) is 7.98. The molecule has 1 rings (SSSR count). The molecule has 12 heavy (non-hydrogen) atoms. The van der Waals surface area contributed by atoms with E-state index >= 15 is 0 Å². The molecular weight excluding hydrogens is 273 g/mol. The maximum absolute atomic E-state index is 10.8. The minimum absolute atomic E-state index is 0.00870. The summed E-state index contributed by atoms with van der Waals surface area (Å²) in [4.78, 5) is 25.0. The van der Waals surface area contributed by atoms with Crippen LogP contribution < -0.4 is 0 Å². The number of carboxylic acids is 1. The minimum Gasteiger partial charge on any atom is -0.478 e. The van der Waals surface area contributed by atoms with E-state index in [0.717, 1.165) is 0 Å². The van der Waals surface area contributed by atoms with Gasteiger partial charge in [0, 0.05) is 28.8 Å². The second-order valence-corrected chi connectivity index (χ2v) is 2.96. The van der Waals surface area contributed by atoms with Crippen LogP contribution in [0.5, 0.6) is 0 Å². The molecule has 1 aromatic rings. The van der Waals surface area contributed by atoms with Gasteiger partial charge in [0.15, 0.2) is 0 Å². The summed E-state index contributed by atoms with van der Waals surface area (Å²) >= 11 is 1.50. The second-order valence-electron chi connectivity index (χ2n) is 1.98. The van der Waals surface area contributed by atoms with E-state index in [-0.39, 0.29) is 15.0 Å². The molecule has 0 spiro atoms. The molecule has 0 saturated carbocycles. The van der Waals surface area contributed by atoms with E-state index in [2.05, 4.69) is 4.98 Å². The standard InChI is InChI=1S/C7H4INO3/c8-6(10)5-4(7(11)12)2-1-3-9-5/h1-3H,(H,11,12). The van der Waals surface area contributed by atoms with Crippen molar-refractivity contribution in [1.82, 2.24) is 4.98 Å². The van der Waals surface area contributed by atoms with E-state index < -0.39 is 5.97 Å². The summed E-state index contributed by atoms with van der Waals surface area (Å²) in [5.74, 6) is -1.14. The van der Waals surface area contributed by atoms with Crippen LogP contribution in [0.3, 0.4) is 0 Å². The van der Waals surface area contributed by atoms with Crippen LogP contribution in [0.2, 0.25) is 0 Å². The Bertz CT molecular complexity index is 304. The number of hydrogen-bond acceptors (Lipinski definition) is 3. The van der Waals surface area contributed by atoms with Crippen molar-refractivity contribution in [3.63, 3.8) is 0 Å². The molecule has 1 aromatic heterocycles. The van der Waals surface area contributed by atoms with Gasteiger partial charge < -0.3 is 5.11 Å². The van der Waals surface area contributed by atoms with Crippen molar-refractivity contribution in [3.05, 3.63) is 29.6 Å². The van der Waals surface area contributed by atoms with Crippen LogP contribution in [-0.4, -0.2) is 19.8 Å². The molecule has 0 bridgehead atoms. The first-order chi connectivity index (χ1) is 5.63. The van der Waals surface area contributed by atoms with Gasteiger partial charge in [0.05, 0.1) is 5.56 Å². The maximum Gasteiger partial charge on any atom is 0.338 e. The van der Waals surface area contributed by atoms with Crippen molar-refractivity contribution in [3.8, 4) is 0 Å². The lowest BCUT2D eigenvalue weighted by Crippen LogP contribution is -2.06. The molecule has 0 aliphatic carbocycles. The molecular formula is C7H4INO3. The summed E-state index contributed by atoms with van der Waals surface area (Å²) in [5, 5.41) is 8.62. The number of halogens is 1. The minimum atomic E-state index is -1.14. The van der Waals surface area contributed by atoms with E-state index in [1.54, 1.807) is 0 Å². The monoisotopic (exact) mass is 277 g/mol. The first-order valence-corrected chi connectivity index (χ1v) is 4.09. The average Bonchev–Trinajstić information content (AvgIpc) is 2.04. The van der Waals surface area contributed by atoms with Gasteiger partial charge in [0.25, 0.3) is 0 Å². The van der Waals surface area contributed by atoms with Gasteiger partial charge >= 0.3 is 5.97 Å². The molecule has 0 radical (unpaired) electrons. The molecule has 0 amide bonds. The SMILES string of the molecule is O=C(O)c1cccnc1C(=O)I. The number of carbonyl (C=O) groups is 2. The first-order valence-electron chi connectivity index (χ1n) is 3.01. The molecule has 0 atom stereocenters. The molecule has 62 valence electrons. The van der Waals surface area contributed by atoms with Crippen LogP contribution in [0.4, 0.5) is 0 Å². The Kier molecular flexibility index (Phi) is 2.74. The van der Waals surface area contributed by atoms with Gasteiger partial charge in [0.1, 0.15) is 5.69 Å². The number of carbonyl (C=O) groups excluding carboxylic acids is 1. The predicted molar refractivity (Wildman–Crippen MR) is 49.5 cm³/mol. The number of aromatic nitrogens is 1. The molecule has 4 nitrogen and oxygen atoms in total. The van der Waals surface area contributed by atoms with Gasteiger partial charge in [0.2, 0.25) is 3.79 Å². The predicted octanol–water partition coefficient (Wildman–Crippen LogP) is 1.35. The summed E-state index contributed by atoms with van der Waals surface area (Å²) < 4.78 is -0.370. The third-order valence-electron chi connectivity index (χ3n) is 1.22. The summed E-state index contributed by atoms with van der Waals surface area (Å²) in [5.41, 5.74) is -0.0671. The molecule has 0 unspecified atom stereocenters. The molecule has 0 aliphatic heterocycles. The van der Waals surface area contributed by atoms with E-state index in [0.29, 0.717) is 0 Å². The van der Waals surface area contributed by atoms with Crippen molar-refractivity contribution in [2.75, 3.05) is 0 Å². The Hall–Kier alpha value is -0.980. The van der Waals surface area contributed by atoms with Gasteiger partial charge in [-0.2, -0.15) is 0 Å². The van der Waals surface area contributed by atoms with E-state index in [1.165, 1.54) is 40.9 Å². The van der Waals surface area contributed by atoms with Crippen molar-refractivity contribution in [2.45, 2.75) is 0 Å². The third-order valence-corrected chi connectivity index (χ3v) is 1.74. The van der Waals surface area contributed by atoms with Crippen molar-refractivity contribution in [1.29, 1.82) is 0 Å². The number of pyridine rings is 1. The largest absolute Gasteiger partial charge is 0.478 e. The van der Waals surface area contributed by atoms with E-state index in [9.17, 15) is 9.59 Å². The third kappa shape index (κ3) is 1.79. The lowest BCUT2D eigenvalue weighted by atomic mass is 10.2. The molecule has 0 aliphatic rings. The van der Waals surface area contributed by atoms with E-state index in [4.69, 9.17) is 5.11 Å². The van der Waals surface area contributed by atoms with Crippen LogP contribution in [0.15, 0.2) is 18.3 Å². The van der Waals surface area contributed by atoms with Crippen molar-refractivity contribution >= 4 is 32.4 Å². The van der Waals surface area contributed by atoms with Crippen LogP contribution in [0, 0.1) is 0 Å². The maximum atomic E-state index is 10.8. The van der Waals surface area contributed by atoms with Crippen molar-refractivity contribution in [2.24, 2.45) is 0 Å². The van der Waals surface area contributed by atoms with Crippen LogP contribution in [0.25, 0.3) is 0 Å².